The summed E-state index contributed by atoms with van der Waals surface area (Å²) in [6.45, 7) is 1.50. The molecular formula is C17H18N2O6S2. The first kappa shape index (κ1) is 19.7. The van der Waals surface area contributed by atoms with E-state index < -0.39 is 41.3 Å². The molecule has 0 bridgehead atoms. The monoisotopic (exact) mass is 410 g/mol. The lowest BCUT2D eigenvalue weighted by Gasteiger charge is -2.43. The fourth-order valence-electron chi connectivity index (χ4n) is 2.76. The van der Waals surface area contributed by atoms with Crippen molar-refractivity contribution >= 4 is 41.4 Å². The normalized spacial score (nSPS) is 23.5. The number of para-hydroxylation sites is 1. The maximum atomic E-state index is 12.1. The number of aliphatic hydroxyl groups is 1. The molecule has 0 saturated carbocycles. The van der Waals surface area contributed by atoms with Crippen molar-refractivity contribution in [1.29, 1.82) is 0 Å². The van der Waals surface area contributed by atoms with Gasteiger partial charge >= 0.3 is 11.9 Å². The van der Waals surface area contributed by atoms with E-state index in [1.807, 2.05) is 0 Å². The minimum absolute atomic E-state index is 0.0961. The summed E-state index contributed by atoms with van der Waals surface area (Å²) in [5.74, 6) is -2.44. The number of rotatable bonds is 7. The fourth-order valence-corrected chi connectivity index (χ4v) is 5.65. The van der Waals surface area contributed by atoms with Gasteiger partial charge in [-0.1, -0.05) is 30.0 Å². The summed E-state index contributed by atoms with van der Waals surface area (Å²) in [7, 11) is 0. The number of benzene rings is 1. The van der Waals surface area contributed by atoms with Crippen LogP contribution in [0.5, 0.6) is 5.75 Å². The van der Waals surface area contributed by atoms with Crippen LogP contribution in [0.4, 0.5) is 0 Å². The third-order valence-electron chi connectivity index (χ3n) is 4.13. The van der Waals surface area contributed by atoms with Crippen molar-refractivity contribution in [1.82, 2.24) is 4.90 Å². The van der Waals surface area contributed by atoms with Gasteiger partial charge in [-0.05, 0) is 19.1 Å². The maximum absolute atomic E-state index is 12.1. The first-order valence-electron chi connectivity index (χ1n) is 8.11. The van der Waals surface area contributed by atoms with E-state index in [4.69, 9.17) is 10.5 Å². The van der Waals surface area contributed by atoms with Crippen molar-refractivity contribution in [3.63, 3.8) is 0 Å². The Morgan fingerprint density at radius 2 is 2.04 bits per heavy atom. The molecule has 144 valence electrons. The molecule has 2 aliphatic heterocycles. The number of carboxylic acid groups (broad SMARTS) is 1. The molecule has 2 aliphatic rings. The zero-order valence-corrected chi connectivity index (χ0v) is 15.9. The smallest absolute Gasteiger partial charge is 0.354 e. The van der Waals surface area contributed by atoms with Crippen molar-refractivity contribution in [3.05, 3.63) is 40.3 Å². The van der Waals surface area contributed by atoms with Crippen molar-refractivity contribution < 1.29 is 29.3 Å². The molecule has 0 aliphatic carbocycles. The van der Waals surface area contributed by atoms with E-state index >= 15 is 0 Å². The molecule has 1 aromatic carbocycles. The Morgan fingerprint density at radius 3 is 2.63 bits per heavy atom. The Labute approximate surface area is 163 Å². The number of amides is 1. The van der Waals surface area contributed by atoms with Crippen molar-refractivity contribution in [2.45, 2.75) is 24.4 Å². The number of thioether (sulfide) groups is 2. The minimum Gasteiger partial charge on any atom is -0.477 e. The quantitative estimate of drug-likeness (QED) is 0.340. The van der Waals surface area contributed by atoms with Gasteiger partial charge < -0.3 is 20.7 Å². The summed E-state index contributed by atoms with van der Waals surface area (Å²) in [6.07, 6.45) is -0.867. The second-order valence-electron chi connectivity index (χ2n) is 6.08. The van der Waals surface area contributed by atoms with Crippen LogP contribution in [0.1, 0.15) is 6.92 Å². The number of carbonyl (C=O) groups excluding carboxylic acids is 2. The summed E-state index contributed by atoms with van der Waals surface area (Å²) in [4.78, 5) is 37.0. The number of hydrogen-bond donors (Lipinski definition) is 3. The van der Waals surface area contributed by atoms with Gasteiger partial charge in [0.15, 0.2) is 5.70 Å². The van der Waals surface area contributed by atoms with E-state index in [1.165, 1.54) is 23.6 Å². The second kappa shape index (κ2) is 7.93. The van der Waals surface area contributed by atoms with E-state index in [0.717, 1.165) is 11.8 Å². The highest BCUT2D eigenvalue weighted by molar-refractivity contribution is 8.22. The number of carboxylic acids is 1. The molecule has 2 heterocycles. The average Bonchev–Trinajstić information content (AvgIpc) is 2.94. The van der Waals surface area contributed by atoms with Crippen LogP contribution in [0.15, 0.2) is 40.3 Å². The van der Waals surface area contributed by atoms with Crippen LogP contribution in [0.3, 0.4) is 0 Å². The zero-order valence-electron chi connectivity index (χ0n) is 14.3. The van der Waals surface area contributed by atoms with Gasteiger partial charge in [0, 0.05) is 5.75 Å². The summed E-state index contributed by atoms with van der Waals surface area (Å²) in [5.41, 5.74) is 5.73. The van der Waals surface area contributed by atoms with Crippen LogP contribution in [0.25, 0.3) is 0 Å². The molecule has 4 N–H and O–H groups in total. The zero-order chi connectivity index (χ0) is 19.7. The maximum Gasteiger partial charge on any atom is 0.354 e. The summed E-state index contributed by atoms with van der Waals surface area (Å²) < 4.78 is 5.57. The van der Waals surface area contributed by atoms with Gasteiger partial charge in [-0.2, -0.15) is 0 Å². The summed E-state index contributed by atoms with van der Waals surface area (Å²) >= 11 is 2.29. The predicted molar refractivity (Wildman–Crippen MR) is 101 cm³/mol. The number of nitrogens with two attached hydrogens (primary N) is 1. The van der Waals surface area contributed by atoms with E-state index in [0.29, 0.717) is 9.99 Å². The van der Waals surface area contributed by atoms with E-state index in [9.17, 15) is 24.6 Å². The van der Waals surface area contributed by atoms with Gasteiger partial charge in [0.1, 0.15) is 17.2 Å². The van der Waals surface area contributed by atoms with Crippen LogP contribution >= 0.6 is 23.5 Å². The molecule has 4 atom stereocenters. The summed E-state index contributed by atoms with van der Waals surface area (Å²) in [5, 5.41) is 18.7. The number of aliphatic carboxylic acids is 1. The highest BCUT2D eigenvalue weighted by Crippen LogP contribution is 2.53. The summed E-state index contributed by atoms with van der Waals surface area (Å²) in [6, 6.07) is 7.53. The van der Waals surface area contributed by atoms with E-state index in [2.05, 4.69) is 0 Å². The first-order chi connectivity index (χ1) is 12.8. The predicted octanol–water partition coefficient (Wildman–Crippen LogP) is 0.818. The highest BCUT2D eigenvalue weighted by atomic mass is 32.2. The highest BCUT2D eigenvalue weighted by Gasteiger charge is 2.57. The lowest BCUT2D eigenvalue weighted by molar-refractivity contribution is -0.156. The SMILES string of the molecule is CC(O)[C@H]1C(=O)N2C(C(=O)O)=C(SC[C@@H](N)C(=O)Oc3ccccc3)S[C@H]12. The van der Waals surface area contributed by atoms with Gasteiger partial charge in [-0.15, -0.1) is 11.8 Å². The number of carbonyl (C=O) groups is 3. The van der Waals surface area contributed by atoms with Crippen molar-refractivity contribution in [2.75, 3.05) is 5.75 Å². The molecule has 1 unspecified atom stereocenters. The minimum atomic E-state index is -1.23. The molecule has 27 heavy (non-hydrogen) atoms. The van der Waals surface area contributed by atoms with Crippen LogP contribution in [0, 0.1) is 5.92 Å². The first-order valence-corrected chi connectivity index (χ1v) is 9.98. The lowest BCUT2D eigenvalue weighted by Crippen LogP contribution is -2.60. The largest absolute Gasteiger partial charge is 0.477 e. The number of nitrogens with zero attached hydrogens (tertiary/aromatic N) is 1. The van der Waals surface area contributed by atoms with Crippen molar-refractivity contribution in [2.24, 2.45) is 11.7 Å². The van der Waals surface area contributed by atoms with Gasteiger partial charge in [-0.25, -0.2) is 9.59 Å². The molecule has 3 rings (SSSR count). The van der Waals surface area contributed by atoms with E-state index in [-0.39, 0.29) is 11.4 Å². The Kier molecular flexibility index (Phi) is 5.80. The number of β-lactam (4-membered cyclic amide) rings is 1. The van der Waals surface area contributed by atoms with Crippen LogP contribution < -0.4 is 10.5 Å². The van der Waals surface area contributed by atoms with Crippen molar-refractivity contribution in [3.8, 4) is 5.75 Å². The Hall–Kier alpha value is -2.01. The third-order valence-corrected chi connectivity index (χ3v) is 6.90. The molecule has 10 heteroatoms. The molecule has 1 saturated heterocycles. The Bertz CT molecular complexity index is 798. The molecule has 0 spiro atoms. The van der Waals surface area contributed by atoms with Gasteiger partial charge in [-0.3, -0.25) is 9.69 Å². The fraction of sp³-hybridized carbons (Fsp3) is 0.353. The third kappa shape index (κ3) is 3.84. The standard InChI is InChI=1S/C17H18N2O6S2/c1-8(20)11-13(21)19-12(15(22)23)17(27-14(11)19)26-7-10(18)16(24)25-9-5-3-2-4-6-9/h2-6,8,10-11,14,20H,7,18H2,1H3,(H,22,23)/t8?,10-,11+,14-/m1/s1. The molecule has 0 radical (unpaired) electrons. The number of ether oxygens (including phenoxy) is 1. The number of hydrogen-bond acceptors (Lipinski definition) is 8. The Balaban J connectivity index is 1.64. The molecular weight excluding hydrogens is 392 g/mol. The molecule has 1 fully saturated rings. The molecule has 0 aromatic heterocycles. The lowest BCUT2D eigenvalue weighted by atomic mass is 9.92. The topological polar surface area (TPSA) is 130 Å². The van der Waals surface area contributed by atoms with Gasteiger partial charge in [0.05, 0.1) is 16.3 Å². The van der Waals surface area contributed by atoms with E-state index in [1.54, 1.807) is 30.3 Å². The average molecular weight is 410 g/mol. The number of aliphatic hydroxyl groups excluding tert-OH is 1. The van der Waals surface area contributed by atoms with Gasteiger partial charge in [0.25, 0.3) is 0 Å². The van der Waals surface area contributed by atoms with Gasteiger partial charge in [0.2, 0.25) is 5.91 Å². The molecule has 8 nitrogen and oxygen atoms in total. The van der Waals surface area contributed by atoms with Crippen LogP contribution in [-0.4, -0.2) is 56.2 Å². The Morgan fingerprint density at radius 1 is 1.37 bits per heavy atom. The molecule has 1 amide bonds. The van der Waals surface area contributed by atoms with Crippen LogP contribution in [0.2, 0.25) is 0 Å². The van der Waals surface area contributed by atoms with Crippen LogP contribution in [-0.2, 0) is 14.4 Å². The number of fused-ring (bicyclic) bond motifs is 1. The molecule has 1 aromatic rings. The number of esters is 1. The second-order valence-corrected chi connectivity index (χ2v) is 8.49.